The molecule has 1 N–H and O–H groups in total. The van der Waals surface area contributed by atoms with Gasteiger partial charge in [0.05, 0.1) is 11.9 Å². The maximum Gasteiger partial charge on any atom is 0.270 e. The van der Waals surface area contributed by atoms with Gasteiger partial charge in [0.25, 0.3) is 5.91 Å². The molecule has 2 heterocycles. The third-order valence-electron chi connectivity index (χ3n) is 3.23. The average molecular weight is 292 g/mol. The number of nitrogens with one attached hydrogen (secondary N) is 1. The molecular weight excluding hydrogens is 276 g/mol. The molecule has 110 valence electrons. The van der Waals surface area contributed by atoms with Crippen molar-refractivity contribution in [3.05, 3.63) is 77.9 Å². The number of pyridine rings is 1. The summed E-state index contributed by atoms with van der Waals surface area (Å²) in [5.74, 6) is -0.184. The molecule has 3 aromatic rings. The summed E-state index contributed by atoms with van der Waals surface area (Å²) < 4.78 is 1.78. The first-order chi connectivity index (χ1) is 10.7. The number of hydrogen-bond donors (Lipinski definition) is 1. The summed E-state index contributed by atoms with van der Waals surface area (Å²) >= 11 is 0. The lowest BCUT2D eigenvalue weighted by Gasteiger charge is -2.03. The van der Waals surface area contributed by atoms with E-state index in [-0.39, 0.29) is 5.91 Å². The van der Waals surface area contributed by atoms with Crippen molar-refractivity contribution in [2.24, 2.45) is 0 Å². The molecule has 0 bridgehead atoms. The standard InChI is InChI=1S/C17H16N4O/c1-13-6-5-9-16(20-13)17(22)18-10-14-11-19-21(12-14)15-7-3-2-4-8-15/h2-9,11-12H,10H2,1H3,(H,18,22). The van der Waals surface area contributed by atoms with Gasteiger partial charge >= 0.3 is 0 Å². The van der Waals surface area contributed by atoms with Crippen LogP contribution in [0.15, 0.2) is 60.9 Å². The van der Waals surface area contributed by atoms with E-state index in [0.717, 1.165) is 16.9 Å². The first-order valence-electron chi connectivity index (χ1n) is 7.03. The molecule has 0 fully saturated rings. The second-order valence-corrected chi connectivity index (χ2v) is 4.98. The number of hydrogen-bond acceptors (Lipinski definition) is 3. The van der Waals surface area contributed by atoms with Crippen molar-refractivity contribution < 1.29 is 4.79 Å². The van der Waals surface area contributed by atoms with Crippen LogP contribution in [0.3, 0.4) is 0 Å². The van der Waals surface area contributed by atoms with Gasteiger partial charge in [-0.1, -0.05) is 24.3 Å². The van der Waals surface area contributed by atoms with E-state index in [1.54, 1.807) is 16.9 Å². The summed E-state index contributed by atoms with van der Waals surface area (Å²) in [5, 5.41) is 7.15. The fourth-order valence-electron chi connectivity index (χ4n) is 2.12. The monoisotopic (exact) mass is 292 g/mol. The minimum Gasteiger partial charge on any atom is -0.347 e. The van der Waals surface area contributed by atoms with E-state index in [4.69, 9.17) is 0 Å². The highest BCUT2D eigenvalue weighted by atomic mass is 16.1. The largest absolute Gasteiger partial charge is 0.347 e. The quantitative estimate of drug-likeness (QED) is 0.803. The molecule has 0 unspecified atom stereocenters. The van der Waals surface area contributed by atoms with Crippen molar-refractivity contribution in [3.63, 3.8) is 0 Å². The van der Waals surface area contributed by atoms with Gasteiger partial charge in [0.15, 0.2) is 0 Å². The van der Waals surface area contributed by atoms with Crippen molar-refractivity contribution in [1.29, 1.82) is 0 Å². The molecule has 1 amide bonds. The number of benzene rings is 1. The summed E-state index contributed by atoms with van der Waals surface area (Å²) in [6.07, 6.45) is 3.65. The number of para-hydroxylation sites is 1. The maximum atomic E-state index is 12.0. The minimum atomic E-state index is -0.184. The Morgan fingerprint density at radius 2 is 1.95 bits per heavy atom. The molecule has 0 radical (unpaired) electrons. The van der Waals surface area contributed by atoms with Crippen LogP contribution in [0.4, 0.5) is 0 Å². The van der Waals surface area contributed by atoms with E-state index in [9.17, 15) is 4.79 Å². The van der Waals surface area contributed by atoms with Gasteiger partial charge in [0.1, 0.15) is 5.69 Å². The van der Waals surface area contributed by atoms with Crippen molar-refractivity contribution in [1.82, 2.24) is 20.1 Å². The number of carbonyl (C=O) groups is 1. The van der Waals surface area contributed by atoms with Gasteiger partial charge in [0, 0.05) is 24.0 Å². The average Bonchev–Trinajstić information content (AvgIpc) is 3.02. The zero-order valence-electron chi connectivity index (χ0n) is 12.2. The highest BCUT2D eigenvalue weighted by Gasteiger charge is 2.07. The lowest BCUT2D eigenvalue weighted by atomic mass is 10.3. The van der Waals surface area contributed by atoms with Crippen LogP contribution in [0.1, 0.15) is 21.7 Å². The number of rotatable bonds is 4. The van der Waals surface area contributed by atoms with Gasteiger partial charge in [-0.3, -0.25) is 4.79 Å². The summed E-state index contributed by atoms with van der Waals surface area (Å²) in [6, 6.07) is 15.2. The van der Waals surface area contributed by atoms with Crippen molar-refractivity contribution in [2.45, 2.75) is 13.5 Å². The Bertz CT molecular complexity index is 780. The first-order valence-corrected chi connectivity index (χ1v) is 7.03. The fourth-order valence-corrected chi connectivity index (χ4v) is 2.12. The second-order valence-electron chi connectivity index (χ2n) is 4.98. The van der Waals surface area contributed by atoms with Crippen LogP contribution in [0, 0.1) is 6.92 Å². The topological polar surface area (TPSA) is 59.8 Å². The number of aromatic nitrogens is 3. The van der Waals surface area contributed by atoms with Crippen LogP contribution < -0.4 is 5.32 Å². The highest BCUT2D eigenvalue weighted by Crippen LogP contribution is 2.07. The summed E-state index contributed by atoms with van der Waals surface area (Å²) in [7, 11) is 0. The summed E-state index contributed by atoms with van der Waals surface area (Å²) in [4.78, 5) is 16.3. The molecule has 5 nitrogen and oxygen atoms in total. The van der Waals surface area contributed by atoms with E-state index >= 15 is 0 Å². The molecule has 0 saturated carbocycles. The van der Waals surface area contributed by atoms with E-state index < -0.39 is 0 Å². The van der Waals surface area contributed by atoms with Crippen molar-refractivity contribution in [2.75, 3.05) is 0 Å². The Kier molecular flexibility index (Phi) is 3.96. The first kappa shape index (κ1) is 14.0. The van der Waals surface area contributed by atoms with Crippen LogP contribution in [0.5, 0.6) is 0 Å². The van der Waals surface area contributed by atoms with Gasteiger partial charge in [-0.05, 0) is 31.2 Å². The lowest BCUT2D eigenvalue weighted by Crippen LogP contribution is -2.23. The molecule has 0 atom stereocenters. The molecule has 0 aliphatic heterocycles. The molecule has 3 rings (SSSR count). The third kappa shape index (κ3) is 3.20. The highest BCUT2D eigenvalue weighted by molar-refractivity contribution is 5.92. The van der Waals surface area contributed by atoms with Crippen LogP contribution in [0.25, 0.3) is 5.69 Å². The number of nitrogens with zero attached hydrogens (tertiary/aromatic N) is 3. The van der Waals surface area contributed by atoms with E-state index in [2.05, 4.69) is 15.4 Å². The fraction of sp³-hybridized carbons (Fsp3) is 0.118. The molecule has 0 saturated heterocycles. The number of carbonyl (C=O) groups excluding carboxylic acids is 1. The molecule has 5 heteroatoms. The molecule has 22 heavy (non-hydrogen) atoms. The zero-order chi connectivity index (χ0) is 15.4. The van der Waals surface area contributed by atoms with Crippen molar-refractivity contribution in [3.8, 4) is 5.69 Å². The Morgan fingerprint density at radius 1 is 1.14 bits per heavy atom. The molecule has 0 aliphatic rings. The smallest absolute Gasteiger partial charge is 0.270 e. The second kappa shape index (κ2) is 6.22. The van der Waals surface area contributed by atoms with Crippen LogP contribution in [-0.4, -0.2) is 20.7 Å². The normalized spacial score (nSPS) is 10.4. The molecule has 1 aromatic carbocycles. The third-order valence-corrected chi connectivity index (χ3v) is 3.23. The van der Waals surface area contributed by atoms with Gasteiger partial charge in [-0.2, -0.15) is 5.10 Å². The molecule has 0 aliphatic carbocycles. The predicted molar refractivity (Wildman–Crippen MR) is 83.7 cm³/mol. The van der Waals surface area contributed by atoms with E-state index in [1.807, 2.05) is 55.6 Å². The van der Waals surface area contributed by atoms with E-state index in [0.29, 0.717) is 12.2 Å². The Morgan fingerprint density at radius 3 is 2.73 bits per heavy atom. The minimum absolute atomic E-state index is 0.184. The number of amides is 1. The van der Waals surface area contributed by atoms with Gasteiger partial charge in [-0.25, -0.2) is 9.67 Å². The Labute approximate surface area is 128 Å². The predicted octanol–water partition coefficient (Wildman–Crippen LogP) is 2.51. The van der Waals surface area contributed by atoms with Crippen LogP contribution >= 0.6 is 0 Å². The SMILES string of the molecule is Cc1cccc(C(=O)NCc2cnn(-c3ccccc3)c2)n1. The molecular formula is C17H16N4O. The number of aryl methyl sites for hydroxylation is 1. The van der Waals surface area contributed by atoms with Crippen LogP contribution in [0.2, 0.25) is 0 Å². The van der Waals surface area contributed by atoms with E-state index in [1.165, 1.54) is 0 Å². The Hall–Kier alpha value is -2.95. The molecule has 0 spiro atoms. The zero-order valence-corrected chi connectivity index (χ0v) is 12.2. The molecule has 2 aromatic heterocycles. The van der Waals surface area contributed by atoms with Gasteiger partial charge in [0.2, 0.25) is 0 Å². The maximum absolute atomic E-state index is 12.0. The van der Waals surface area contributed by atoms with Crippen molar-refractivity contribution >= 4 is 5.91 Å². The Balaban J connectivity index is 1.65. The van der Waals surface area contributed by atoms with Gasteiger partial charge < -0.3 is 5.32 Å². The van der Waals surface area contributed by atoms with Crippen LogP contribution in [-0.2, 0) is 6.54 Å². The van der Waals surface area contributed by atoms with Gasteiger partial charge in [-0.15, -0.1) is 0 Å². The summed E-state index contributed by atoms with van der Waals surface area (Å²) in [5.41, 5.74) is 3.17. The lowest BCUT2D eigenvalue weighted by molar-refractivity contribution is 0.0945. The summed E-state index contributed by atoms with van der Waals surface area (Å²) in [6.45, 7) is 2.28.